The SMILES string of the molecule is Oc1ccc2c(c1)OC[C@](O)(Cc1ccc(O)c(O)c1)[C@H]2O. The van der Waals surface area contributed by atoms with Crippen molar-refractivity contribution in [1.29, 1.82) is 0 Å². The molecule has 6 nitrogen and oxygen atoms in total. The maximum absolute atomic E-state index is 10.7. The molecule has 116 valence electrons. The molecule has 22 heavy (non-hydrogen) atoms. The lowest BCUT2D eigenvalue weighted by atomic mass is 9.84. The van der Waals surface area contributed by atoms with Gasteiger partial charge in [0.05, 0.1) is 0 Å². The number of aliphatic hydroxyl groups is 2. The third kappa shape index (κ3) is 2.43. The molecule has 3 rings (SSSR count). The second-order valence-corrected chi connectivity index (χ2v) is 5.52. The first kappa shape index (κ1) is 14.5. The van der Waals surface area contributed by atoms with Gasteiger partial charge in [0.2, 0.25) is 0 Å². The van der Waals surface area contributed by atoms with Gasteiger partial charge in [-0.15, -0.1) is 0 Å². The fourth-order valence-corrected chi connectivity index (χ4v) is 2.63. The number of ether oxygens (including phenoxy) is 1. The highest BCUT2D eigenvalue weighted by Crippen LogP contribution is 2.41. The van der Waals surface area contributed by atoms with Crippen molar-refractivity contribution in [2.45, 2.75) is 18.1 Å². The third-order valence-corrected chi connectivity index (χ3v) is 3.83. The van der Waals surface area contributed by atoms with E-state index in [4.69, 9.17) is 4.74 Å². The number of hydrogen-bond donors (Lipinski definition) is 5. The maximum atomic E-state index is 10.7. The summed E-state index contributed by atoms with van der Waals surface area (Å²) in [6, 6.07) is 8.47. The molecule has 0 spiro atoms. The molecule has 5 N–H and O–H groups in total. The Morgan fingerprint density at radius 3 is 2.55 bits per heavy atom. The highest BCUT2D eigenvalue weighted by Gasteiger charge is 2.42. The van der Waals surface area contributed by atoms with Crippen molar-refractivity contribution in [2.75, 3.05) is 6.61 Å². The number of aromatic hydroxyl groups is 3. The second-order valence-electron chi connectivity index (χ2n) is 5.52. The molecular formula is C16H16O6. The topological polar surface area (TPSA) is 110 Å². The number of aliphatic hydroxyl groups excluding tert-OH is 1. The Kier molecular flexibility index (Phi) is 3.35. The fraction of sp³-hybridized carbons (Fsp3) is 0.250. The van der Waals surface area contributed by atoms with Gasteiger partial charge in [0, 0.05) is 18.1 Å². The first-order chi connectivity index (χ1) is 10.4. The van der Waals surface area contributed by atoms with Crippen LogP contribution in [0.2, 0.25) is 0 Å². The summed E-state index contributed by atoms with van der Waals surface area (Å²) in [5, 5.41) is 49.4. The Balaban J connectivity index is 1.90. The van der Waals surface area contributed by atoms with Crippen LogP contribution in [0, 0.1) is 0 Å². The molecule has 1 heterocycles. The molecule has 0 saturated carbocycles. The van der Waals surface area contributed by atoms with Crippen LogP contribution in [0.15, 0.2) is 36.4 Å². The van der Waals surface area contributed by atoms with E-state index in [-0.39, 0.29) is 30.3 Å². The zero-order valence-corrected chi connectivity index (χ0v) is 11.6. The molecule has 2 atom stereocenters. The molecule has 0 aromatic heterocycles. The summed E-state index contributed by atoms with van der Waals surface area (Å²) in [5.74, 6) is -0.208. The van der Waals surface area contributed by atoms with Crippen LogP contribution in [0.25, 0.3) is 0 Å². The van der Waals surface area contributed by atoms with Crippen LogP contribution in [0.1, 0.15) is 17.2 Å². The number of phenolic OH excluding ortho intramolecular Hbond substituents is 3. The average molecular weight is 304 g/mol. The molecule has 0 saturated heterocycles. The normalized spacial score (nSPS) is 23.6. The number of benzene rings is 2. The van der Waals surface area contributed by atoms with Gasteiger partial charge in [-0.3, -0.25) is 0 Å². The Bertz CT molecular complexity index is 714. The molecule has 0 aliphatic carbocycles. The summed E-state index contributed by atoms with van der Waals surface area (Å²) >= 11 is 0. The van der Waals surface area contributed by atoms with E-state index in [0.29, 0.717) is 16.9 Å². The van der Waals surface area contributed by atoms with Gasteiger partial charge < -0.3 is 30.3 Å². The van der Waals surface area contributed by atoms with Crippen molar-refractivity contribution in [2.24, 2.45) is 0 Å². The Morgan fingerprint density at radius 2 is 1.82 bits per heavy atom. The van der Waals surface area contributed by atoms with Crippen LogP contribution in [0.4, 0.5) is 0 Å². The zero-order valence-electron chi connectivity index (χ0n) is 11.6. The summed E-state index contributed by atoms with van der Waals surface area (Å²) in [7, 11) is 0. The summed E-state index contributed by atoms with van der Waals surface area (Å²) in [4.78, 5) is 0. The Labute approximate surface area is 126 Å². The number of phenols is 3. The maximum Gasteiger partial charge on any atom is 0.157 e. The van der Waals surface area contributed by atoms with E-state index >= 15 is 0 Å². The van der Waals surface area contributed by atoms with E-state index in [9.17, 15) is 25.5 Å². The van der Waals surface area contributed by atoms with Crippen molar-refractivity contribution in [3.63, 3.8) is 0 Å². The van der Waals surface area contributed by atoms with Gasteiger partial charge in [-0.25, -0.2) is 0 Å². The minimum absolute atomic E-state index is 0.0137. The van der Waals surface area contributed by atoms with E-state index in [0.717, 1.165) is 0 Å². The van der Waals surface area contributed by atoms with Crippen molar-refractivity contribution < 1.29 is 30.3 Å². The molecule has 2 aromatic carbocycles. The lowest BCUT2D eigenvalue weighted by Gasteiger charge is -2.38. The predicted octanol–water partition coefficient (Wildman–Crippen LogP) is 1.20. The highest BCUT2D eigenvalue weighted by atomic mass is 16.5. The molecule has 2 aromatic rings. The average Bonchev–Trinajstić information content (AvgIpc) is 2.47. The minimum Gasteiger partial charge on any atom is -0.508 e. The minimum atomic E-state index is -1.58. The van der Waals surface area contributed by atoms with E-state index in [2.05, 4.69) is 0 Å². The largest absolute Gasteiger partial charge is 0.508 e. The molecular weight excluding hydrogens is 288 g/mol. The van der Waals surface area contributed by atoms with Crippen LogP contribution < -0.4 is 4.74 Å². The first-order valence-corrected chi connectivity index (χ1v) is 6.76. The van der Waals surface area contributed by atoms with Gasteiger partial charge >= 0.3 is 0 Å². The summed E-state index contributed by atoms with van der Waals surface area (Å²) in [6.07, 6.45) is -1.17. The van der Waals surface area contributed by atoms with Crippen LogP contribution in [0.5, 0.6) is 23.0 Å². The van der Waals surface area contributed by atoms with E-state index in [1.807, 2.05) is 0 Å². The molecule has 0 unspecified atom stereocenters. The van der Waals surface area contributed by atoms with Crippen molar-refractivity contribution in [1.82, 2.24) is 0 Å². The quantitative estimate of drug-likeness (QED) is 0.533. The van der Waals surface area contributed by atoms with Crippen molar-refractivity contribution in [3.05, 3.63) is 47.5 Å². The van der Waals surface area contributed by atoms with Crippen LogP contribution >= 0.6 is 0 Å². The summed E-state index contributed by atoms with van der Waals surface area (Å²) < 4.78 is 5.43. The number of hydrogen-bond acceptors (Lipinski definition) is 6. The Morgan fingerprint density at radius 1 is 1.05 bits per heavy atom. The molecule has 0 radical (unpaired) electrons. The van der Waals surface area contributed by atoms with Crippen molar-refractivity contribution >= 4 is 0 Å². The summed E-state index contributed by atoms with van der Waals surface area (Å²) in [5.41, 5.74) is -0.648. The molecule has 0 amide bonds. The third-order valence-electron chi connectivity index (χ3n) is 3.83. The smallest absolute Gasteiger partial charge is 0.157 e. The second kappa shape index (κ2) is 5.08. The standard InChI is InChI=1S/C16H16O6/c17-10-2-3-11-14(6-10)22-8-16(21,15(11)20)7-9-1-4-12(18)13(19)5-9/h1-6,15,17-21H,7-8H2/t15-,16+/m0/s1. The first-order valence-electron chi connectivity index (χ1n) is 6.76. The molecule has 1 aliphatic rings. The van der Waals surface area contributed by atoms with Crippen LogP contribution in [-0.2, 0) is 6.42 Å². The van der Waals surface area contributed by atoms with Gasteiger partial charge in [0.15, 0.2) is 11.5 Å². The fourth-order valence-electron chi connectivity index (χ4n) is 2.63. The van der Waals surface area contributed by atoms with Gasteiger partial charge in [-0.1, -0.05) is 6.07 Å². The predicted molar refractivity (Wildman–Crippen MR) is 77.0 cm³/mol. The molecule has 6 heteroatoms. The highest BCUT2D eigenvalue weighted by molar-refractivity contribution is 5.45. The lowest BCUT2D eigenvalue weighted by Crippen LogP contribution is -2.47. The van der Waals surface area contributed by atoms with Gasteiger partial charge in [0.25, 0.3) is 0 Å². The molecule has 1 aliphatic heterocycles. The monoisotopic (exact) mass is 304 g/mol. The van der Waals surface area contributed by atoms with Gasteiger partial charge in [-0.05, 0) is 29.8 Å². The lowest BCUT2D eigenvalue weighted by molar-refractivity contribution is -0.114. The van der Waals surface area contributed by atoms with E-state index in [1.165, 1.54) is 30.3 Å². The van der Waals surface area contributed by atoms with E-state index < -0.39 is 11.7 Å². The van der Waals surface area contributed by atoms with Crippen molar-refractivity contribution in [3.8, 4) is 23.0 Å². The van der Waals surface area contributed by atoms with Gasteiger partial charge in [0.1, 0.15) is 29.8 Å². The van der Waals surface area contributed by atoms with Gasteiger partial charge in [-0.2, -0.15) is 0 Å². The molecule has 0 fully saturated rings. The number of rotatable bonds is 2. The molecule has 0 bridgehead atoms. The Hall–Kier alpha value is -2.44. The van der Waals surface area contributed by atoms with E-state index in [1.54, 1.807) is 6.07 Å². The summed E-state index contributed by atoms with van der Waals surface area (Å²) in [6.45, 7) is -0.160. The number of fused-ring (bicyclic) bond motifs is 1. The van der Waals surface area contributed by atoms with Crippen LogP contribution in [-0.4, -0.2) is 37.7 Å². The van der Waals surface area contributed by atoms with Crippen LogP contribution in [0.3, 0.4) is 0 Å². The zero-order chi connectivity index (χ0) is 15.9.